The van der Waals surface area contributed by atoms with Crippen LogP contribution in [-0.4, -0.2) is 16.8 Å². The molecule has 0 aliphatic rings. The van der Waals surface area contributed by atoms with Crippen LogP contribution in [0.2, 0.25) is 0 Å². The van der Waals surface area contributed by atoms with E-state index in [9.17, 15) is 9.59 Å². The molecular weight excluding hydrogens is 286 g/mol. The number of carbonyl (C=O) groups is 2. The van der Waals surface area contributed by atoms with Gasteiger partial charge in [-0.1, -0.05) is 12.0 Å². The van der Waals surface area contributed by atoms with Crippen LogP contribution in [0.4, 0.5) is 5.69 Å². The Bertz CT molecular complexity index is 716. The minimum atomic E-state index is -0.731. The number of aromatic nitrogens is 1. The molecule has 1 aromatic carbocycles. The number of thiazole rings is 1. The second-order valence-corrected chi connectivity index (χ2v) is 5.53. The molecule has 0 unspecified atom stereocenters. The van der Waals surface area contributed by atoms with Crippen LogP contribution in [0.15, 0.2) is 30.5 Å². The van der Waals surface area contributed by atoms with Crippen LogP contribution in [0.5, 0.6) is 0 Å². The van der Waals surface area contributed by atoms with Gasteiger partial charge in [-0.05, 0) is 25.1 Å². The zero-order chi connectivity index (χ0) is 15.2. The van der Waals surface area contributed by atoms with E-state index in [1.165, 1.54) is 11.3 Å². The Hall–Kier alpha value is -2.65. The predicted molar refractivity (Wildman–Crippen MR) is 81.7 cm³/mol. The number of nitrogens with one attached hydrogen (secondary N) is 2. The van der Waals surface area contributed by atoms with Gasteiger partial charge in [-0.3, -0.25) is 9.59 Å². The molecule has 0 bridgehead atoms. The molecule has 0 spiro atoms. The van der Waals surface area contributed by atoms with Gasteiger partial charge in [-0.15, -0.1) is 17.8 Å². The molecule has 2 N–H and O–H groups in total. The zero-order valence-corrected chi connectivity index (χ0v) is 12.2. The lowest BCUT2D eigenvalue weighted by molar-refractivity contribution is -0.136. The summed E-state index contributed by atoms with van der Waals surface area (Å²) >= 11 is 1.47. The molecule has 2 amide bonds. The van der Waals surface area contributed by atoms with E-state index in [1.54, 1.807) is 30.5 Å². The first-order valence-corrected chi connectivity index (χ1v) is 6.97. The van der Waals surface area contributed by atoms with Crippen LogP contribution in [0.1, 0.15) is 15.4 Å². The normalized spacial score (nSPS) is 9.71. The van der Waals surface area contributed by atoms with E-state index in [0.29, 0.717) is 11.3 Å². The number of hydrogen-bond acceptors (Lipinski definition) is 4. The maximum atomic E-state index is 11.8. The summed E-state index contributed by atoms with van der Waals surface area (Å²) in [5.74, 6) is 1.03. The van der Waals surface area contributed by atoms with Gasteiger partial charge in [0.25, 0.3) is 0 Å². The Morgan fingerprint density at radius 1 is 1.38 bits per heavy atom. The summed E-state index contributed by atoms with van der Waals surface area (Å²) in [6.07, 6.45) is 6.95. The van der Waals surface area contributed by atoms with Gasteiger partial charge in [0.2, 0.25) is 0 Å². The van der Waals surface area contributed by atoms with Crippen molar-refractivity contribution in [3.05, 3.63) is 45.9 Å². The molecule has 0 saturated heterocycles. The molecule has 5 nitrogen and oxygen atoms in total. The minimum absolute atomic E-state index is 0.280. The SMILES string of the molecule is C#Cc1cccc(NC(=O)C(=O)NCc2cnc(C)s2)c1. The largest absolute Gasteiger partial charge is 0.343 e. The average molecular weight is 299 g/mol. The van der Waals surface area contributed by atoms with Crippen molar-refractivity contribution in [2.24, 2.45) is 0 Å². The topological polar surface area (TPSA) is 71.1 Å². The average Bonchev–Trinajstić information content (AvgIpc) is 2.90. The molecule has 1 aromatic heterocycles. The van der Waals surface area contributed by atoms with Gasteiger partial charge in [-0.2, -0.15) is 0 Å². The van der Waals surface area contributed by atoms with E-state index < -0.39 is 11.8 Å². The van der Waals surface area contributed by atoms with E-state index in [2.05, 4.69) is 21.5 Å². The smallest absolute Gasteiger partial charge is 0.313 e. The van der Waals surface area contributed by atoms with Gasteiger partial charge in [0.15, 0.2) is 0 Å². The van der Waals surface area contributed by atoms with Crippen molar-refractivity contribution in [3.8, 4) is 12.3 Å². The van der Waals surface area contributed by atoms with E-state index in [-0.39, 0.29) is 6.54 Å². The van der Waals surface area contributed by atoms with Crippen LogP contribution in [-0.2, 0) is 16.1 Å². The highest BCUT2D eigenvalue weighted by Crippen LogP contribution is 2.11. The van der Waals surface area contributed by atoms with Crippen molar-refractivity contribution < 1.29 is 9.59 Å². The molecule has 106 valence electrons. The molecule has 2 aromatic rings. The Kier molecular flexibility index (Phi) is 4.69. The fourth-order valence-corrected chi connectivity index (χ4v) is 2.34. The van der Waals surface area contributed by atoms with E-state index in [1.807, 2.05) is 6.92 Å². The monoisotopic (exact) mass is 299 g/mol. The molecule has 0 aliphatic heterocycles. The van der Waals surface area contributed by atoms with Gasteiger partial charge in [0, 0.05) is 22.3 Å². The lowest BCUT2D eigenvalue weighted by atomic mass is 10.2. The number of hydrogen-bond donors (Lipinski definition) is 2. The van der Waals surface area contributed by atoms with Crippen LogP contribution in [0.25, 0.3) is 0 Å². The lowest BCUT2D eigenvalue weighted by Gasteiger charge is -2.06. The number of rotatable bonds is 3. The Balaban J connectivity index is 1.90. The first kappa shape index (κ1) is 14.8. The second-order valence-electron chi connectivity index (χ2n) is 4.21. The molecule has 6 heteroatoms. The summed E-state index contributed by atoms with van der Waals surface area (Å²) in [4.78, 5) is 28.4. The first-order chi connectivity index (χ1) is 10.1. The number of terminal acetylenes is 1. The number of anilines is 1. The Morgan fingerprint density at radius 2 is 2.19 bits per heavy atom. The first-order valence-electron chi connectivity index (χ1n) is 6.15. The molecule has 0 radical (unpaired) electrons. The minimum Gasteiger partial charge on any atom is -0.343 e. The third kappa shape index (κ3) is 4.16. The Morgan fingerprint density at radius 3 is 2.86 bits per heavy atom. The van der Waals surface area contributed by atoms with Crippen LogP contribution >= 0.6 is 11.3 Å². The lowest BCUT2D eigenvalue weighted by Crippen LogP contribution is -2.34. The number of nitrogens with zero attached hydrogens (tertiary/aromatic N) is 1. The summed E-state index contributed by atoms with van der Waals surface area (Å²) < 4.78 is 0. The van der Waals surface area contributed by atoms with Crippen molar-refractivity contribution in [1.82, 2.24) is 10.3 Å². The van der Waals surface area contributed by atoms with Crippen molar-refractivity contribution in [2.45, 2.75) is 13.5 Å². The van der Waals surface area contributed by atoms with Crippen LogP contribution < -0.4 is 10.6 Å². The molecular formula is C15H13N3O2S. The third-order valence-electron chi connectivity index (χ3n) is 2.59. The fraction of sp³-hybridized carbons (Fsp3) is 0.133. The highest BCUT2D eigenvalue weighted by atomic mass is 32.1. The zero-order valence-electron chi connectivity index (χ0n) is 11.3. The fourth-order valence-electron chi connectivity index (χ4n) is 1.61. The molecule has 1 heterocycles. The van der Waals surface area contributed by atoms with Crippen LogP contribution in [0, 0.1) is 19.3 Å². The van der Waals surface area contributed by atoms with Crippen LogP contribution in [0.3, 0.4) is 0 Å². The van der Waals surface area contributed by atoms with E-state index >= 15 is 0 Å². The van der Waals surface area contributed by atoms with Crippen molar-refractivity contribution in [1.29, 1.82) is 0 Å². The molecule has 2 rings (SSSR count). The molecule has 21 heavy (non-hydrogen) atoms. The molecule has 0 atom stereocenters. The van der Waals surface area contributed by atoms with Gasteiger partial charge < -0.3 is 10.6 Å². The van der Waals surface area contributed by atoms with Crippen molar-refractivity contribution >= 4 is 28.8 Å². The van der Waals surface area contributed by atoms with Gasteiger partial charge >= 0.3 is 11.8 Å². The maximum Gasteiger partial charge on any atom is 0.313 e. The van der Waals surface area contributed by atoms with E-state index in [0.717, 1.165) is 9.88 Å². The molecule has 0 aliphatic carbocycles. The third-order valence-corrected chi connectivity index (χ3v) is 3.50. The highest BCUT2D eigenvalue weighted by molar-refractivity contribution is 7.11. The number of benzene rings is 1. The second kappa shape index (κ2) is 6.68. The predicted octanol–water partition coefficient (Wildman–Crippen LogP) is 1.69. The van der Waals surface area contributed by atoms with Gasteiger partial charge in [0.05, 0.1) is 11.6 Å². The highest BCUT2D eigenvalue weighted by Gasteiger charge is 2.13. The number of aryl methyl sites for hydroxylation is 1. The van der Waals surface area contributed by atoms with Gasteiger partial charge in [-0.25, -0.2) is 4.98 Å². The maximum absolute atomic E-state index is 11.8. The molecule has 0 saturated carbocycles. The quantitative estimate of drug-likeness (QED) is 0.669. The van der Waals surface area contributed by atoms with Crippen molar-refractivity contribution in [2.75, 3.05) is 5.32 Å². The summed E-state index contributed by atoms with van der Waals surface area (Å²) in [5.41, 5.74) is 1.12. The standard InChI is InChI=1S/C15H13N3O2S/c1-3-11-5-4-6-12(7-11)18-15(20)14(19)17-9-13-8-16-10(2)21-13/h1,4-8H,9H2,2H3,(H,17,19)(H,18,20). The Labute approximate surface area is 126 Å². The van der Waals surface area contributed by atoms with E-state index in [4.69, 9.17) is 6.42 Å². The summed E-state index contributed by atoms with van der Waals surface area (Å²) in [6.45, 7) is 2.16. The summed E-state index contributed by atoms with van der Waals surface area (Å²) in [7, 11) is 0. The number of amides is 2. The van der Waals surface area contributed by atoms with Crippen molar-refractivity contribution in [3.63, 3.8) is 0 Å². The van der Waals surface area contributed by atoms with Gasteiger partial charge in [0.1, 0.15) is 0 Å². The molecule has 0 fully saturated rings. The number of carbonyl (C=O) groups excluding carboxylic acids is 2. The summed E-state index contributed by atoms with van der Waals surface area (Å²) in [5, 5.41) is 5.95. The summed E-state index contributed by atoms with van der Waals surface area (Å²) in [6, 6.07) is 6.74.